The van der Waals surface area contributed by atoms with Crippen LogP contribution in [0.15, 0.2) is 89.6 Å². The third kappa shape index (κ3) is 4.31. The zero-order valence-corrected chi connectivity index (χ0v) is 20.7. The van der Waals surface area contributed by atoms with Crippen molar-refractivity contribution in [3.05, 3.63) is 96.3 Å². The number of amides is 1. The number of rotatable bonds is 6. The molecule has 1 heterocycles. The lowest BCUT2D eigenvalue weighted by molar-refractivity contribution is -0.111. The molecule has 1 amide bonds. The van der Waals surface area contributed by atoms with Crippen LogP contribution in [0, 0.1) is 6.92 Å². The molecule has 1 N–H and O–H groups in total. The molecule has 0 atom stereocenters. The van der Waals surface area contributed by atoms with Crippen molar-refractivity contribution in [2.45, 2.75) is 13.8 Å². The minimum atomic E-state index is -0.223. The maximum absolute atomic E-state index is 12.8. The molecule has 0 spiro atoms. The van der Waals surface area contributed by atoms with E-state index in [9.17, 15) is 4.79 Å². The lowest BCUT2D eigenvalue weighted by atomic mass is 9.95. The Labute approximate surface area is 210 Å². The smallest absolute Gasteiger partial charge is 0.248 e. The number of carbonyl (C=O) groups is 1. The number of ether oxygens (including phenoxy) is 2. The first-order valence-electron chi connectivity index (χ1n) is 11.7. The second-order valence-corrected chi connectivity index (χ2v) is 8.72. The summed E-state index contributed by atoms with van der Waals surface area (Å²) in [7, 11) is 3.24. The largest absolute Gasteiger partial charge is 0.497 e. The Morgan fingerprint density at radius 1 is 0.917 bits per heavy atom. The average Bonchev–Trinajstić information content (AvgIpc) is 3.33. The first-order valence-corrected chi connectivity index (χ1v) is 11.7. The number of carbonyl (C=O) groups excluding carboxylic acids is 1. The van der Waals surface area contributed by atoms with Gasteiger partial charge in [-0.2, -0.15) is 0 Å². The van der Waals surface area contributed by atoms with Gasteiger partial charge in [-0.15, -0.1) is 0 Å². The van der Waals surface area contributed by atoms with Gasteiger partial charge in [0.15, 0.2) is 0 Å². The van der Waals surface area contributed by atoms with Crippen molar-refractivity contribution in [1.29, 1.82) is 0 Å². The lowest BCUT2D eigenvalue weighted by Gasteiger charge is -2.13. The van der Waals surface area contributed by atoms with Crippen molar-refractivity contribution in [2.75, 3.05) is 19.5 Å². The monoisotopic (exact) mass is 477 g/mol. The van der Waals surface area contributed by atoms with Crippen LogP contribution in [0.25, 0.3) is 38.4 Å². The molecule has 5 rings (SSSR count). The molecule has 4 aromatic carbocycles. The number of hydrogen-bond acceptors (Lipinski definition) is 4. The molecule has 5 heteroatoms. The van der Waals surface area contributed by atoms with Gasteiger partial charge in [0.1, 0.15) is 17.1 Å². The van der Waals surface area contributed by atoms with Crippen LogP contribution in [0.4, 0.5) is 5.69 Å². The number of nitrogens with one attached hydrogen (secondary N) is 1. The van der Waals surface area contributed by atoms with E-state index >= 15 is 0 Å². The van der Waals surface area contributed by atoms with Crippen molar-refractivity contribution in [3.63, 3.8) is 0 Å². The van der Waals surface area contributed by atoms with E-state index in [-0.39, 0.29) is 5.91 Å². The summed E-state index contributed by atoms with van der Waals surface area (Å²) >= 11 is 0. The van der Waals surface area contributed by atoms with Crippen LogP contribution >= 0.6 is 0 Å². The first kappa shape index (κ1) is 23.2. The molecule has 5 aromatic rings. The van der Waals surface area contributed by atoms with E-state index in [1.165, 1.54) is 10.8 Å². The normalized spacial score (nSPS) is 11.6. The third-order valence-corrected chi connectivity index (χ3v) is 6.44. The van der Waals surface area contributed by atoms with Gasteiger partial charge in [-0.05, 0) is 72.2 Å². The summed E-state index contributed by atoms with van der Waals surface area (Å²) < 4.78 is 16.9. The molecule has 180 valence electrons. The van der Waals surface area contributed by atoms with Crippen LogP contribution in [-0.4, -0.2) is 20.1 Å². The lowest BCUT2D eigenvalue weighted by Crippen LogP contribution is -2.08. The quantitative estimate of drug-likeness (QED) is 0.256. The molecule has 0 saturated heterocycles. The summed E-state index contributed by atoms with van der Waals surface area (Å²) in [6, 6.07) is 23.9. The van der Waals surface area contributed by atoms with Crippen LogP contribution < -0.4 is 14.8 Å². The summed E-state index contributed by atoms with van der Waals surface area (Å²) in [4.78, 5) is 12.8. The molecule has 0 saturated carbocycles. The van der Waals surface area contributed by atoms with Gasteiger partial charge in [0, 0.05) is 33.8 Å². The number of fused-ring (bicyclic) bond motifs is 2. The summed E-state index contributed by atoms with van der Waals surface area (Å²) in [6.45, 7) is 3.88. The second-order valence-electron chi connectivity index (χ2n) is 8.72. The highest BCUT2D eigenvalue weighted by molar-refractivity contribution is 6.06. The Morgan fingerprint density at radius 3 is 2.39 bits per heavy atom. The van der Waals surface area contributed by atoms with Crippen LogP contribution in [0.1, 0.15) is 18.1 Å². The van der Waals surface area contributed by atoms with E-state index in [4.69, 9.17) is 13.9 Å². The summed E-state index contributed by atoms with van der Waals surface area (Å²) in [5, 5.41) is 6.23. The van der Waals surface area contributed by atoms with Crippen LogP contribution in [0.3, 0.4) is 0 Å². The number of methoxy groups -OCH3 is 2. The molecule has 0 fully saturated rings. The SMILES string of the molecule is COc1ccc(NC(=O)/C=C(\C)c2cc3c(-c4ccc5ccccc5c4)coc3c(C)c2OC)cc1. The maximum Gasteiger partial charge on any atom is 0.248 e. The molecule has 0 aliphatic heterocycles. The van der Waals surface area contributed by atoms with E-state index in [1.807, 2.05) is 32.0 Å². The molecule has 0 bridgehead atoms. The fraction of sp³-hybridized carbons (Fsp3) is 0.129. The van der Waals surface area contributed by atoms with Gasteiger partial charge in [0.2, 0.25) is 5.91 Å². The number of hydrogen-bond donors (Lipinski definition) is 1. The minimum Gasteiger partial charge on any atom is -0.497 e. The molecule has 1 aromatic heterocycles. The van der Waals surface area contributed by atoms with E-state index in [2.05, 4.69) is 35.6 Å². The predicted molar refractivity (Wildman–Crippen MR) is 146 cm³/mol. The van der Waals surface area contributed by atoms with Crippen molar-refractivity contribution in [2.24, 2.45) is 0 Å². The molecule has 0 unspecified atom stereocenters. The summed E-state index contributed by atoms with van der Waals surface area (Å²) in [5.41, 5.74) is 6.05. The van der Waals surface area contributed by atoms with Crippen LogP contribution in [0.5, 0.6) is 11.5 Å². The van der Waals surface area contributed by atoms with E-state index in [0.29, 0.717) is 11.4 Å². The van der Waals surface area contributed by atoms with E-state index in [1.54, 1.807) is 50.8 Å². The van der Waals surface area contributed by atoms with E-state index in [0.717, 1.165) is 44.5 Å². The van der Waals surface area contributed by atoms with Gasteiger partial charge >= 0.3 is 0 Å². The predicted octanol–water partition coefficient (Wildman–Crippen LogP) is 7.62. The second kappa shape index (κ2) is 9.62. The highest BCUT2D eigenvalue weighted by atomic mass is 16.5. The molecule has 5 nitrogen and oxygen atoms in total. The van der Waals surface area contributed by atoms with Crippen molar-refractivity contribution in [1.82, 2.24) is 0 Å². The first-order chi connectivity index (χ1) is 17.5. The highest BCUT2D eigenvalue weighted by Gasteiger charge is 2.19. The minimum absolute atomic E-state index is 0.223. The number of furan rings is 1. The zero-order valence-electron chi connectivity index (χ0n) is 20.7. The summed E-state index contributed by atoms with van der Waals surface area (Å²) in [5.74, 6) is 1.20. The Kier molecular flexibility index (Phi) is 6.21. The molecule has 36 heavy (non-hydrogen) atoms. The third-order valence-electron chi connectivity index (χ3n) is 6.44. The number of aryl methyl sites for hydroxylation is 1. The fourth-order valence-corrected chi connectivity index (χ4v) is 4.58. The number of benzene rings is 4. The standard InChI is InChI=1S/C31H27NO4/c1-19(15-29(33)32-24-11-13-25(34-3)14-12-24)26-17-27-28(18-36-31(27)20(2)30(26)35-4)23-10-9-21-7-5-6-8-22(21)16-23/h5-18H,1-4H3,(H,32,33)/b19-15+. The number of allylic oxidation sites excluding steroid dienone is 1. The Balaban J connectivity index is 1.54. The van der Waals surface area contributed by atoms with Crippen LogP contribution in [0.2, 0.25) is 0 Å². The topological polar surface area (TPSA) is 60.7 Å². The molecular weight excluding hydrogens is 450 g/mol. The van der Waals surface area contributed by atoms with Crippen LogP contribution in [-0.2, 0) is 4.79 Å². The summed E-state index contributed by atoms with van der Waals surface area (Å²) in [6.07, 6.45) is 3.38. The van der Waals surface area contributed by atoms with E-state index < -0.39 is 0 Å². The van der Waals surface area contributed by atoms with Crippen molar-refractivity contribution >= 4 is 38.9 Å². The van der Waals surface area contributed by atoms with Gasteiger partial charge < -0.3 is 19.2 Å². The van der Waals surface area contributed by atoms with Crippen molar-refractivity contribution < 1.29 is 18.7 Å². The fourth-order valence-electron chi connectivity index (χ4n) is 4.58. The number of anilines is 1. The maximum atomic E-state index is 12.8. The van der Waals surface area contributed by atoms with Crippen molar-refractivity contribution in [3.8, 4) is 22.6 Å². The Bertz CT molecular complexity index is 1610. The molecule has 0 radical (unpaired) electrons. The molecule has 0 aliphatic carbocycles. The van der Waals surface area contributed by atoms with Gasteiger partial charge in [0.05, 0.1) is 20.5 Å². The average molecular weight is 478 g/mol. The Hall–Kier alpha value is -4.51. The Morgan fingerprint density at radius 2 is 1.67 bits per heavy atom. The molecule has 0 aliphatic rings. The van der Waals surface area contributed by atoms with Gasteiger partial charge in [-0.1, -0.05) is 36.4 Å². The molecular formula is C31H27NO4. The van der Waals surface area contributed by atoms with Gasteiger partial charge in [-0.25, -0.2) is 0 Å². The van der Waals surface area contributed by atoms with Gasteiger partial charge in [0.25, 0.3) is 0 Å². The highest BCUT2D eigenvalue weighted by Crippen LogP contribution is 2.41. The van der Waals surface area contributed by atoms with Gasteiger partial charge in [-0.3, -0.25) is 4.79 Å². The zero-order chi connectivity index (χ0) is 25.2.